The standard InChI is InChI=1S/C14H24O3/c1-12(2)8-9-13(3,4)14(16,10-12)7-6-11(15)17-5/h6-7,16H,8-10H2,1-5H3/b7-6+. The molecular formula is C14H24O3. The van der Waals surface area contributed by atoms with Crippen molar-refractivity contribution in [2.45, 2.75) is 52.6 Å². The topological polar surface area (TPSA) is 46.5 Å². The molecule has 0 aliphatic heterocycles. The van der Waals surface area contributed by atoms with Crippen LogP contribution >= 0.6 is 0 Å². The summed E-state index contributed by atoms with van der Waals surface area (Å²) < 4.78 is 4.57. The SMILES string of the molecule is COC(=O)/C=C/C1(O)CC(C)(C)CCC1(C)C. The van der Waals surface area contributed by atoms with Gasteiger partial charge in [0.05, 0.1) is 12.7 Å². The third-order valence-electron chi connectivity index (χ3n) is 4.04. The van der Waals surface area contributed by atoms with Crippen LogP contribution < -0.4 is 0 Å². The van der Waals surface area contributed by atoms with E-state index in [2.05, 4.69) is 18.6 Å². The average molecular weight is 240 g/mol. The van der Waals surface area contributed by atoms with Crippen molar-refractivity contribution in [3.8, 4) is 0 Å². The molecule has 1 fully saturated rings. The van der Waals surface area contributed by atoms with Crippen molar-refractivity contribution in [1.82, 2.24) is 0 Å². The van der Waals surface area contributed by atoms with Crippen LogP contribution in [0.15, 0.2) is 12.2 Å². The predicted molar refractivity (Wildman–Crippen MR) is 67.5 cm³/mol. The lowest BCUT2D eigenvalue weighted by Gasteiger charge is -2.50. The fourth-order valence-corrected chi connectivity index (χ4v) is 2.48. The third kappa shape index (κ3) is 3.09. The first kappa shape index (κ1) is 14.2. The van der Waals surface area contributed by atoms with Crippen LogP contribution in [0.5, 0.6) is 0 Å². The molecular weight excluding hydrogens is 216 g/mol. The summed E-state index contributed by atoms with van der Waals surface area (Å²) in [5.41, 5.74) is -1.05. The lowest BCUT2D eigenvalue weighted by atomic mass is 9.58. The van der Waals surface area contributed by atoms with Gasteiger partial charge in [-0.15, -0.1) is 0 Å². The molecule has 98 valence electrons. The summed E-state index contributed by atoms with van der Waals surface area (Å²) in [4.78, 5) is 11.1. The van der Waals surface area contributed by atoms with Gasteiger partial charge in [-0.2, -0.15) is 0 Å². The molecule has 3 heteroatoms. The van der Waals surface area contributed by atoms with Gasteiger partial charge in [-0.25, -0.2) is 4.79 Å². The van der Waals surface area contributed by atoms with Gasteiger partial charge in [0.25, 0.3) is 0 Å². The zero-order valence-corrected chi connectivity index (χ0v) is 11.5. The Balaban J connectivity index is 2.96. The first-order valence-electron chi connectivity index (χ1n) is 6.12. The second-order valence-electron chi connectivity index (χ2n) is 6.51. The third-order valence-corrected chi connectivity index (χ3v) is 4.04. The van der Waals surface area contributed by atoms with Gasteiger partial charge in [0.15, 0.2) is 0 Å². The van der Waals surface area contributed by atoms with E-state index in [4.69, 9.17) is 0 Å². The van der Waals surface area contributed by atoms with E-state index in [1.807, 2.05) is 13.8 Å². The summed E-state index contributed by atoms with van der Waals surface area (Å²) in [5, 5.41) is 10.8. The second-order valence-corrected chi connectivity index (χ2v) is 6.51. The molecule has 1 rings (SSSR count). The van der Waals surface area contributed by atoms with Crippen molar-refractivity contribution >= 4 is 5.97 Å². The van der Waals surface area contributed by atoms with Gasteiger partial charge in [0.1, 0.15) is 0 Å². The van der Waals surface area contributed by atoms with E-state index in [1.54, 1.807) is 6.08 Å². The van der Waals surface area contributed by atoms with Crippen molar-refractivity contribution < 1.29 is 14.6 Å². The summed E-state index contributed by atoms with van der Waals surface area (Å²) >= 11 is 0. The Morgan fingerprint density at radius 2 is 1.82 bits per heavy atom. The predicted octanol–water partition coefficient (Wildman–Crippen LogP) is 2.68. The molecule has 0 aromatic rings. The van der Waals surface area contributed by atoms with Crippen LogP contribution in [-0.4, -0.2) is 23.8 Å². The Kier molecular flexibility index (Phi) is 3.72. The molecule has 1 atom stereocenters. The summed E-state index contributed by atoms with van der Waals surface area (Å²) in [6.07, 6.45) is 5.65. The molecule has 0 amide bonds. The minimum Gasteiger partial charge on any atom is -0.466 e. The number of ether oxygens (including phenoxy) is 1. The number of carbonyl (C=O) groups excluding carboxylic acids is 1. The van der Waals surface area contributed by atoms with E-state index >= 15 is 0 Å². The van der Waals surface area contributed by atoms with Crippen LogP contribution in [0.25, 0.3) is 0 Å². The Labute approximate surface area is 104 Å². The van der Waals surface area contributed by atoms with E-state index in [0.29, 0.717) is 6.42 Å². The van der Waals surface area contributed by atoms with Crippen LogP contribution in [0.3, 0.4) is 0 Å². The molecule has 0 spiro atoms. The van der Waals surface area contributed by atoms with E-state index in [0.717, 1.165) is 12.8 Å². The molecule has 0 heterocycles. The molecule has 0 saturated heterocycles. The monoisotopic (exact) mass is 240 g/mol. The Bertz CT molecular complexity index is 328. The van der Waals surface area contributed by atoms with Crippen molar-refractivity contribution in [2.75, 3.05) is 7.11 Å². The minimum atomic E-state index is -0.942. The highest BCUT2D eigenvalue weighted by Gasteiger charge is 2.48. The number of aliphatic hydroxyl groups is 1. The van der Waals surface area contributed by atoms with E-state index < -0.39 is 11.6 Å². The highest BCUT2D eigenvalue weighted by atomic mass is 16.5. The number of carbonyl (C=O) groups is 1. The number of hydrogen-bond acceptors (Lipinski definition) is 3. The van der Waals surface area contributed by atoms with Gasteiger partial charge in [-0.05, 0) is 36.2 Å². The Hall–Kier alpha value is -0.830. The molecule has 1 saturated carbocycles. The van der Waals surface area contributed by atoms with Gasteiger partial charge < -0.3 is 9.84 Å². The van der Waals surface area contributed by atoms with Gasteiger partial charge in [-0.1, -0.05) is 27.7 Å². The number of esters is 1. The van der Waals surface area contributed by atoms with Crippen LogP contribution in [0.1, 0.15) is 47.0 Å². The fourth-order valence-electron chi connectivity index (χ4n) is 2.48. The van der Waals surface area contributed by atoms with E-state index in [9.17, 15) is 9.90 Å². The maximum Gasteiger partial charge on any atom is 0.330 e. The summed E-state index contributed by atoms with van der Waals surface area (Å²) in [6.45, 7) is 8.39. The number of rotatable bonds is 2. The molecule has 0 aromatic carbocycles. The first-order chi connectivity index (χ1) is 7.62. The summed E-state index contributed by atoms with van der Waals surface area (Å²) in [5.74, 6) is -0.419. The summed E-state index contributed by atoms with van der Waals surface area (Å²) in [6, 6.07) is 0. The maximum absolute atomic E-state index is 11.1. The van der Waals surface area contributed by atoms with Crippen molar-refractivity contribution in [3.63, 3.8) is 0 Å². The van der Waals surface area contributed by atoms with Crippen molar-refractivity contribution in [1.29, 1.82) is 0 Å². The van der Waals surface area contributed by atoms with Crippen molar-refractivity contribution in [2.24, 2.45) is 10.8 Å². The van der Waals surface area contributed by atoms with Gasteiger partial charge in [-0.3, -0.25) is 0 Å². The number of hydrogen-bond donors (Lipinski definition) is 1. The molecule has 1 aliphatic carbocycles. The largest absolute Gasteiger partial charge is 0.466 e. The molecule has 1 N–H and O–H groups in total. The molecule has 0 bridgehead atoms. The number of methoxy groups -OCH3 is 1. The molecule has 3 nitrogen and oxygen atoms in total. The molecule has 1 unspecified atom stereocenters. The van der Waals surface area contributed by atoms with E-state index in [1.165, 1.54) is 13.2 Å². The highest BCUT2D eigenvalue weighted by Crippen LogP contribution is 2.51. The highest BCUT2D eigenvalue weighted by molar-refractivity contribution is 5.82. The first-order valence-corrected chi connectivity index (χ1v) is 6.12. The van der Waals surface area contributed by atoms with E-state index in [-0.39, 0.29) is 10.8 Å². The quantitative estimate of drug-likeness (QED) is 0.596. The van der Waals surface area contributed by atoms with Crippen molar-refractivity contribution in [3.05, 3.63) is 12.2 Å². The van der Waals surface area contributed by atoms with Gasteiger partial charge >= 0.3 is 5.97 Å². The average Bonchev–Trinajstić information content (AvgIpc) is 2.21. The lowest BCUT2D eigenvalue weighted by Crippen LogP contribution is -2.50. The molecule has 17 heavy (non-hydrogen) atoms. The van der Waals surface area contributed by atoms with Crippen LogP contribution in [-0.2, 0) is 9.53 Å². The summed E-state index contributed by atoms with van der Waals surface area (Å²) in [7, 11) is 1.34. The molecule has 0 aromatic heterocycles. The fraction of sp³-hybridized carbons (Fsp3) is 0.786. The smallest absolute Gasteiger partial charge is 0.330 e. The maximum atomic E-state index is 11.1. The van der Waals surface area contributed by atoms with Gasteiger partial charge in [0.2, 0.25) is 0 Å². The van der Waals surface area contributed by atoms with Crippen LogP contribution in [0.4, 0.5) is 0 Å². The Morgan fingerprint density at radius 3 is 2.35 bits per heavy atom. The second kappa shape index (κ2) is 4.45. The molecule has 0 radical (unpaired) electrons. The normalized spacial score (nSPS) is 31.4. The zero-order chi connectivity index (χ0) is 13.3. The Morgan fingerprint density at radius 1 is 1.24 bits per heavy atom. The minimum absolute atomic E-state index is 0.102. The van der Waals surface area contributed by atoms with Crippen LogP contribution in [0, 0.1) is 10.8 Å². The zero-order valence-electron chi connectivity index (χ0n) is 11.5. The van der Waals surface area contributed by atoms with Gasteiger partial charge in [0, 0.05) is 6.08 Å². The van der Waals surface area contributed by atoms with Crippen LogP contribution in [0.2, 0.25) is 0 Å². The molecule has 1 aliphatic rings. The lowest BCUT2D eigenvalue weighted by molar-refractivity contribution is -0.135.